The molecular formula is C13H14N2O2S. The fourth-order valence-corrected chi connectivity index (χ4v) is 1.97. The zero-order chi connectivity index (χ0) is 13.1. The lowest BCUT2D eigenvalue weighted by Crippen LogP contribution is -2.03. The molecule has 5 heteroatoms. The number of H-pyrrole nitrogens is 2. The predicted octanol–water partition coefficient (Wildman–Crippen LogP) is 3.09. The third kappa shape index (κ3) is 2.36. The summed E-state index contributed by atoms with van der Waals surface area (Å²) >= 11 is 5.02. The summed E-state index contributed by atoms with van der Waals surface area (Å²) in [6, 6.07) is 7.97. The summed E-state index contributed by atoms with van der Waals surface area (Å²) < 4.78 is 5.13. The maximum Gasteiger partial charge on any atom is 0.356 e. The van der Waals surface area contributed by atoms with Gasteiger partial charge in [0.15, 0.2) is 10.5 Å². The molecule has 0 aliphatic rings. The number of nitrogens with one attached hydrogen (secondary N) is 2. The second-order valence-corrected chi connectivity index (χ2v) is 4.28. The molecule has 2 N–H and O–H groups in total. The van der Waals surface area contributed by atoms with Gasteiger partial charge in [-0.05, 0) is 24.2 Å². The van der Waals surface area contributed by atoms with Gasteiger partial charge in [-0.1, -0.05) is 31.2 Å². The van der Waals surface area contributed by atoms with Crippen LogP contribution in [0.2, 0.25) is 0 Å². The molecule has 4 nitrogen and oxygen atoms in total. The molecule has 0 aliphatic carbocycles. The molecule has 2 rings (SSSR count). The minimum Gasteiger partial charge on any atom is -0.464 e. The van der Waals surface area contributed by atoms with Gasteiger partial charge in [0.1, 0.15) is 0 Å². The van der Waals surface area contributed by atoms with Gasteiger partial charge in [0.25, 0.3) is 0 Å². The standard InChI is InChI=1S/C13H14N2O2S/c1-3-8-4-6-9(7-5-8)10-11(12(16)17-2)15-13(18)14-10/h4-7H,3H2,1-2H3,(H2,14,15,18). The van der Waals surface area contributed by atoms with Gasteiger partial charge in [-0.15, -0.1) is 0 Å². The summed E-state index contributed by atoms with van der Waals surface area (Å²) in [6.07, 6.45) is 0.979. The summed E-state index contributed by atoms with van der Waals surface area (Å²) in [7, 11) is 1.34. The van der Waals surface area contributed by atoms with Gasteiger partial charge in [0.05, 0.1) is 12.8 Å². The number of aromatic amines is 2. The molecule has 0 radical (unpaired) electrons. The number of aromatic nitrogens is 2. The monoisotopic (exact) mass is 262 g/mol. The van der Waals surface area contributed by atoms with E-state index in [0.717, 1.165) is 12.0 Å². The van der Waals surface area contributed by atoms with Crippen molar-refractivity contribution in [3.63, 3.8) is 0 Å². The first-order valence-electron chi connectivity index (χ1n) is 5.65. The van der Waals surface area contributed by atoms with Crippen molar-refractivity contribution < 1.29 is 9.53 Å². The van der Waals surface area contributed by atoms with Crippen LogP contribution >= 0.6 is 12.2 Å². The molecule has 0 atom stereocenters. The number of ether oxygens (including phenoxy) is 1. The fourth-order valence-electron chi connectivity index (χ4n) is 1.76. The molecule has 1 aromatic carbocycles. The number of esters is 1. The second-order valence-electron chi connectivity index (χ2n) is 3.87. The van der Waals surface area contributed by atoms with E-state index in [2.05, 4.69) is 16.9 Å². The number of rotatable bonds is 3. The van der Waals surface area contributed by atoms with Crippen molar-refractivity contribution >= 4 is 18.2 Å². The Labute approximate surface area is 110 Å². The van der Waals surface area contributed by atoms with Gasteiger partial charge in [-0.3, -0.25) is 0 Å². The Kier molecular flexibility index (Phi) is 3.62. The van der Waals surface area contributed by atoms with E-state index in [9.17, 15) is 4.79 Å². The molecule has 0 saturated carbocycles. The van der Waals surface area contributed by atoms with Gasteiger partial charge in [-0.25, -0.2) is 4.79 Å². The van der Waals surface area contributed by atoms with Crippen LogP contribution in [0.25, 0.3) is 11.3 Å². The molecule has 1 aromatic heterocycles. The van der Waals surface area contributed by atoms with Gasteiger partial charge in [0.2, 0.25) is 0 Å². The van der Waals surface area contributed by atoms with Gasteiger partial charge in [0, 0.05) is 5.56 Å². The lowest BCUT2D eigenvalue weighted by atomic mass is 10.1. The zero-order valence-corrected chi connectivity index (χ0v) is 11.1. The minimum atomic E-state index is -0.433. The van der Waals surface area contributed by atoms with Gasteiger partial charge < -0.3 is 14.7 Å². The first-order valence-corrected chi connectivity index (χ1v) is 6.06. The van der Waals surface area contributed by atoms with Gasteiger partial charge in [-0.2, -0.15) is 0 Å². The molecule has 2 aromatic rings. The maximum atomic E-state index is 11.6. The lowest BCUT2D eigenvalue weighted by molar-refractivity contribution is 0.0595. The van der Waals surface area contributed by atoms with Crippen molar-refractivity contribution in [2.75, 3.05) is 7.11 Å². The third-order valence-electron chi connectivity index (χ3n) is 2.77. The molecule has 0 fully saturated rings. The van der Waals surface area contributed by atoms with E-state index in [1.165, 1.54) is 12.7 Å². The van der Waals surface area contributed by atoms with E-state index in [-0.39, 0.29) is 0 Å². The van der Waals surface area contributed by atoms with Crippen LogP contribution in [-0.2, 0) is 11.2 Å². The quantitative estimate of drug-likeness (QED) is 0.660. The van der Waals surface area contributed by atoms with Crippen molar-refractivity contribution in [2.45, 2.75) is 13.3 Å². The van der Waals surface area contributed by atoms with E-state index >= 15 is 0 Å². The summed E-state index contributed by atoms with van der Waals surface area (Å²) in [4.78, 5) is 17.4. The van der Waals surface area contributed by atoms with Crippen LogP contribution in [0.1, 0.15) is 23.0 Å². The molecule has 0 spiro atoms. The van der Waals surface area contributed by atoms with Crippen LogP contribution in [0.5, 0.6) is 0 Å². The van der Waals surface area contributed by atoms with Gasteiger partial charge >= 0.3 is 5.97 Å². The maximum absolute atomic E-state index is 11.6. The average molecular weight is 262 g/mol. The topological polar surface area (TPSA) is 57.9 Å². The first-order chi connectivity index (χ1) is 8.65. The fraction of sp³-hybridized carbons (Fsp3) is 0.231. The van der Waals surface area contributed by atoms with Crippen LogP contribution in [-0.4, -0.2) is 23.0 Å². The van der Waals surface area contributed by atoms with Crippen molar-refractivity contribution in [3.8, 4) is 11.3 Å². The average Bonchev–Trinajstić information content (AvgIpc) is 2.80. The molecule has 0 amide bonds. The Hall–Kier alpha value is -1.88. The summed E-state index contributed by atoms with van der Waals surface area (Å²) in [5, 5.41) is 0. The highest BCUT2D eigenvalue weighted by Gasteiger charge is 2.15. The summed E-state index contributed by atoms with van der Waals surface area (Å²) in [5.41, 5.74) is 3.16. The Morgan fingerprint density at radius 3 is 2.50 bits per heavy atom. The molecule has 0 saturated heterocycles. The van der Waals surface area contributed by atoms with E-state index in [1.54, 1.807) is 0 Å². The minimum absolute atomic E-state index is 0.353. The Balaban J connectivity index is 2.49. The van der Waals surface area contributed by atoms with Crippen molar-refractivity contribution in [2.24, 2.45) is 0 Å². The summed E-state index contributed by atoms with van der Waals surface area (Å²) in [6.45, 7) is 2.10. The number of benzene rings is 1. The second kappa shape index (κ2) is 5.18. The first kappa shape index (κ1) is 12.6. The van der Waals surface area contributed by atoms with E-state index in [4.69, 9.17) is 17.0 Å². The SMILES string of the molecule is CCc1ccc(-c2[nH]c(=S)[nH]c2C(=O)OC)cc1. The number of hydrogen-bond donors (Lipinski definition) is 2. The smallest absolute Gasteiger partial charge is 0.356 e. The number of imidazole rings is 1. The number of carbonyl (C=O) groups is 1. The number of hydrogen-bond acceptors (Lipinski definition) is 3. The van der Waals surface area contributed by atoms with Crippen LogP contribution in [0.15, 0.2) is 24.3 Å². The van der Waals surface area contributed by atoms with E-state index in [0.29, 0.717) is 16.2 Å². The van der Waals surface area contributed by atoms with E-state index < -0.39 is 5.97 Å². The Morgan fingerprint density at radius 2 is 1.94 bits per heavy atom. The molecule has 0 unspecified atom stereocenters. The molecule has 1 heterocycles. The van der Waals surface area contributed by atoms with Crippen LogP contribution < -0.4 is 0 Å². The van der Waals surface area contributed by atoms with Crippen molar-refractivity contribution in [1.29, 1.82) is 0 Å². The lowest BCUT2D eigenvalue weighted by Gasteiger charge is -2.03. The van der Waals surface area contributed by atoms with Crippen LogP contribution in [0.4, 0.5) is 0 Å². The molecule has 94 valence electrons. The number of aryl methyl sites for hydroxylation is 1. The Bertz CT molecular complexity index is 611. The van der Waals surface area contributed by atoms with Crippen molar-refractivity contribution in [3.05, 3.63) is 40.3 Å². The molecular weight excluding hydrogens is 248 g/mol. The zero-order valence-electron chi connectivity index (χ0n) is 10.2. The third-order valence-corrected chi connectivity index (χ3v) is 2.97. The highest BCUT2D eigenvalue weighted by molar-refractivity contribution is 7.71. The molecule has 0 bridgehead atoms. The predicted molar refractivity (Wildman–Crippen MR) is 72.1 cm³/mol. The highest BCUT2D eigenvalue weighted by Crippen LogP contribution is 2.22. The normalized spacial score (nSPS) is 10.3. The molecule has 18 heavy (non-hydrogen) atoms. The van der Waals surface area contributed by atoms with Crippen LogP contribution in [0, 0.1) is 4.77 Å². The highest BCUT2D eigenvalue weighted by atomic mass is 32.1. The summed E-state index contributed by atoms with van der Waals surface area (Å²) in [5.74, 6) is -0.433. The number of methoxy groups -OCH3 is 1. The van der Waals surface area contributed by atoms with Crippen LogP contribution in [0.3, 0.4) is 0 Å². The van der Waals surface area contributed by atoms with Crippen molar-refractivity contribution in [1.82, 2.24) is 9.97 Å². The number of carbonyl (C=O) groups excluding carboxylic acids is 1. The largest absolute Gasteiger partial charge is 0.464 e. The Morgan fingerprint density at radius 1 is 1.28 bits per heavy atom. The van der Waals surface area contributed by atoms with E-state index in [1.807, 2.05) is 24.3 Å². The molecule has 0 aliphatic heterocycles.